The van der Waals surface area contributed by atoms with E-state index < -0.39 is 0 Å². The lowest BCUT2D eigenvalue weighted by molar-refractivity contribution is 0.158. The first kappa shape index (κ1) is 12.3. The number of rotatable bonds is 7. The summed E-state index contributed by atoms with van der Waals surface area (Å²) in [6, 6.07) is 0.545. The quantitative estimate of drug-likeness (QED) is 0.700. The molecule has 0 aromatic heterocycles. The molecular weight excluding hydrogens is 192 g/mol. The van der Waals surface area contributed by atoms with Crippen LogP contribution in [0.5, 0.6) is 0 Å². The standard InChI is InChI=1S/C11H22N2O2/c1-3-6-12-10(2)5-4-7-13-8-9-15-11(13)14/h10,12H,3-9H2,1-2H3. The fourth-order valence-corrected chi connectivity index (χ4v) is 1.71. The predicted molar refractivity (Wildman–Crippen MR) is 59.9 cm³/mol. The second-order valence-corrected chi connectivity index (χ2v) is 4.10. The van der Waals surface area contributed by atoms with Crippen molar-refractivity contribution in [2.75, 3.05) is 26.2 Å². The maximum absolute atomic E-state index is 11.1. The molecule has 15 heavy (non-hydrogen) atoms. The molecule has 4 heteroatoms. The highest BCUT2D eigenvalue weighted by Crippen LogP contribution is 2.06. The molecule has 4 nitrogen and oxygen atoms in total. The lowest BCUT2D eigenvalue weighted by Crippen LogP contribution is -2.29. The summed E-state index contributed by atoms with van der Waals surface area (Å²) in [6.45, 7) is 7.58. The van der Waals surface area contributed by atoms with Gasteiger partial charge in [-0.2, -0.15) is 0 Å². The van der Waals surface area contributed by atoms with Gasteiger partial charge < -0.3 is 15.0 Å². The van der Waals surface area contributed by atoms with Crippen molar-refractivity contribution in [3.8, 4) is 0 Å². The number of hydrogen-bond acceptors (Lipinski definition) is 3. The molecule has 1 aliphatic rings. The van der Waals surface area contributed by atoms with Crippen LogP contribution < -0.4 is 5.32 Å². The Morgan fingerprint density at radius 3 is 3.00 bits per heavy atom. The van der Waals surface area contributed by atoms with Crippen LogP contribution in [0.15, 0.2) is 0 Å². The summed E-state index contributed by atoms with van der Waals surface area (Å²) in [5.74, 6) is 0. The van der Waals surface area contributed by atoms with E-state index in [4.69, 9.17) is 4.74 Å². The first-order valence-corrected chi connectivity index (χ1v) is 5.89. The van der Waals surface area contributed by atoms with Gasteiger partial charge >= 0.3 is 6.09 Å². The average molecular weight is 214 g/mol. The van der Waals surface area contributed by atoms with Crippen molar-refractivity contribution in [1.29, 1.82) is 0 Å². The molecule has 1 fully saturated rings. The molecule has 0 aromatic rings. The largest absolute Gasteiger partial charge is 0.448 e. The summed E-state index contributed by atoms with van der Waals surface area (Å²) in [6.07, 6.45) is 3.18. The third-order valence-electron chi connectivity index (χ3n) is 2.65. The number of cyclic esters (lactones) is 1. The number of carbonyl (C=O) groups excluding carboxylic acids is 1. The minimum atomic E-state index is -0.149. The lowest BCUT2D eigenvalue weighted by atomic mass is 10.2. The van der Waals surface area contributed by atoms with E-state index >= 15 is 0 Å². The summed E-state index contributed by atoms with van der Waals surface area (Å²) >= 11 is 0. The molecular formula is C11H22N2O2. The molecule has 0 aromatic carbocycles. The van der Waals surface area contributed by atoms with Crippen LogP contribution in [0, 0.1) is 0 Å². The molecule has 0 aliphatic carbocycles. The monoisotopic (exact) mass is 214 g/mol. The Morgan fingerprint density at radius 1 is 1.60 bits per heavy atom. The van der Waals surface area contributed by atoms with E-state index in [0.29, 0.717) is 12.6 Å². The number of nitrogens with zero attached hydrogens (tertiary/aromatic N) is 1. The maximum atomic E-state index is 11.1. The predicted octanol–water partition coefficient (Wildman–Crippen LogP) is 1.61. The number of nitrogens with one attached hydrogen (secondary N) is 1. The zero-order chi connectivity index (χ0) is 11.1. The van der Waals surface area contributed by atoms with Crippen molar-refractivity contribution >= 4 is 6.09 Å². The Morgan fingerprint density at radius 2 is 2.40 bits per heavy atom. The van der Waals surface area contributed by atoms with Gasteiger partial charge in [0.05, 0.1) is 6.54 Å². The van der Waals surface area contributed by atoms with Gasteiger partial charge in [0.2, 0.25) is 0 Å². The first-order chi connectivity index (χ1) is 7.24. The third kappa shape index (κ3) is 4.51. The number of carbonyl (C=O) groups is 1. The van der Waals surface area contributed by atoms with Crippen molar-refractivity contribution in [2.24, 2.45) is 0 Å². The van der Waals surface area contributed by atoms with Crippen molar-refractivity contribution in [1.82, 2.24) is 10.2 Å². The highest BCUT2D eigenvalue weighted by atomic mass is 16.6. The van der Waals surface area contributed by atoms with Gasteiger partial charge in [-0.1, -0.05) is 6.92 Å². The lowest BCUT2D eigenvalue weighted by Gasteiger charge is -2.16. The summed E-state index contributed by atoms with van der Waals surface area (Å²) in [4.78, 5) is 12.9. The van der Waals surface area contributed by atoms with Gasteiger partial charge in [0.25, 0.3) is 0 Å². The topological polar surface area (TPSA) is 41.6 Å². The maximum Gasteiger partial charge on any atom is 0.409 e. The van der Waals surface area contributed by atoms with Crippen LogP contribution in [0.4, 0.5) is 4.79 Å². The Balaban J connectivity index is 2.02. The van der Waals surface area contributed by atoms with Crippen LogP contribution in [-0.2, 0) is 4.74 Å². The second-order valence-electron chi connectivity index (χ2n) is 4.10. The van der Waals surface area contributed by atoms with E-state index in [1.54, 1.807) is 4.90 Å². The molecule has 0 radical (unpaired) electrons. The van der Waals surface area contributed by atoms with Gasteiger partial charge in [0.1, 0.15) is 6.61 Å². The molecule has 1 unspecified atom stereocenters. The second kappa shape index (κ2) is 6.67. The molecule has 0 spiro atoms. The number of amides is 1. The summed E-state index contributed by atoms with van der Waals surface area (Å²) < 4.78 is 4.86. The van der Waals surface area contributed by atoms with Crippen LogP contribution in [0.25, 0.3) is 0 Å². The zero-order valence-corrected chi connectivity index (χ0v) is 9.79. The fourth-order valence-electron chi connectivity index (χ4n) is 1.71. The Hall–Kier alpha value is -0.770. The van der Waals surface area contributed by atoms with E-state index in [-0.39, 0.29) is 6.09 Å². The van der Waals surface area contributed by atoms with Gasteiger partial charge in [-0.05, 0) is 32.7 Å². The zero-order valence-electron chi connectivity index (χ0n) is 9.79. The van der Waals surface area contributed by atoms with E-state index in [2.05, 4.69) is 19.2 Å². The molecule has 0 saturated carbocycles. The van der Waals surface area contributed by atoms with Gasteiger partial charge in [-0.3, -0.25) is 0 Å². The van der Waals surface area contributed by atoms with Crippen molar-refractivity contribution in [3.05, 3.63) is 0 Å². The SMILES string of the molecule is CCCNC(C)CCCN1CCOC1=O. The van der Waals surface area contributed by atoms with Crippen LogP contribution in [0.1, 0.15) is 33.1 Å². The minimum Gasteiger partial charge on any atom is -0.448 e. The highest BCUT2D eigenvalue weighted by Gasteiger charge is 2.20. The van der Waals surface area contributed by atoms with Crippen molar-refractivity contribution in [2.45, 2.75) is 39.2 Å². The van der Waals surface area contributed by atoms with E-state index in [0.717, 1.165) is 32.5 Å². The number of hydrogen-bond donors (Lipinski definition) is 1. The van der Waals surface area contributed by atoms with Crippen LogP contribution in [-0.4, -0.2) is 43.3 Å². The Labute approximate surface area is 92.0 Å². The molecule has 88 valence electrons. The van der Waals surface area contributed by atoms with E-state index in [1.807, 2.05) is 0 Å². The Kier molecular flexibility index (Phi) is 5.47. The fraction of sp³-hybridized carbons (Fsp3) is 0.909. The van der Waals surface area contributed by atoms with Crippen LogP contribution in [0.2, 0.25) is 0 Å². The smallest absolute Gasteiger partial charge is 0.409 e. The molecule has 1 N–H and O–H groups in total. The summed E-state index contributed by atoms with van der Waals surface area (Å²) in [5, 5.41) is 3.43. The molecule has 1 saturated heterocycles. The average Bonchev–Trinajstić information content (AvgIpc) is 2.61. The first-order valence-electron chi connectivity index (χ1n) is 5.89. The normalized spacial score (nSPS) is 18.0. The van der Waals surface area contributed by atoms with Gasteiger partial charge in [-0.25, -0.2) is 4.79 Å². The van der Waals surface area contributed by atoms with E-state index in [9.17, 15) is 4.79 Å². The van der Waals surface area contributed by atoms with Crippen LogP contribution in [0.3, 0.4) is 0 Å². The van der Waals surface area contributed by atoms with Gasteiger partial charge in [0, 0.05) is 12.6 Å². The van der Waals surface area contributed by atoms with Crippen molar-refractivity contribution in [3.63, 3.8) is 0 Å². The molecule has 1 heterocycles. The van der Waals surface area contributed by atoms with Gasteiger partial charge in [-0.15, -0.1) is 0 Å². The molecule has 1 amide bonds. The minimum absolute atomic E-state index is 0.149. The third-order valence-corrected chi connectivity index (χ3v) is 2.65. The summed E-state index contributed by atoms with van der Waals surface area (Å²) in [7, 11) is 0. The molecule has 1 aliphatic heterocycles. The van der Waals surface area contributed by atoms with Crippen LogP contribution >= 0.6 is 0 Å². The van der Waals surface area contributed by atoms with Crippen molar-refractivity contribution < 1.29 is 9.53 Å². The molecule has 1 rings (SSSR count). The number of ether oxygens (including phenoxy) is 1. The van der Waals surface area contributed by atoms with Gasteiger partial charge in [0.15, 0.2) is 0 Å². The molecule has 0 bridgehead atoms. The van der Waals surface area contributed by atoms with E-state index in [1.165, 1.54) is 6.42 Å². The Bertz CT molecular complexity index is 197. The highest BCUT2D eigenvalue weighted by molar-refractivity contribution is 5.69. The summed E-state index contributed by atoms with van der Waals surface area (Å²) in [5.41, 5.74) is 0. The molecule has 1 atom stereocenters.